The Balaban J connectivity index is 1.42. The predicted molar refractivity (Wildman–Crippen MR) is 133 cm³/mol. The molecule has 0 saturated heterocycles. The van der Waals surface area contributed by atoms with Gasteiger partial charge in [0.05, 0.1) is 27.7 Å². The number of hydrogen-bond donors (Lipinski definition) is 1. The number of carbonyl (C=O) groups excluding carboxylic acids is 1. The Morgan fingerprint density at radius 2 is 1.72 bits per heavy atom. The van der Waals surface area contributed by atoms with Crippen molar-refractivity contribution in [3.8, 4) is 28.5 Å². The smallest absolute Gasteiger partial charge is 0.299 e. The van der Waals surface area contributed by atoms with E-state index in [1.165, 1.54) is 37.8 Å². The van der Waals surface area contributed by atoms with Crippen molar-refractivity contribution in [3.05, 3.63) is 64.2 Å². The number of nitrogens with zero attached hydrogens (tertiary/aromatic N) is 3. The van der Waals surface area contributed by atoms with Gasteiger partial charge in [-0.25, -0.2) is 4.98 Å². The van der Waals surface area contributed by atoms with E-state index < -0.39 is 0 Å². The zero-order chi connectivity index (χ0) is 25.7. The van der Waals surface area contributed by atoms with Crippen molar-refractivity contribution in [2.24, 2.45) is 0 Å². The largest absolute Gasteiger partial charge is 0.493 e. The number of fused-ring (bicyclic) bond motifs is 1. The van der Waals surface area contributed by atoms with E-state index >= 15 is 0 Å². The van der Waals surface area contributed by atoms with Crippen LogP contribution >= 0.6 is 0 Å². The lowest BCUT2D eigenvalue weighted by Gasteiger charge is -2.14. The zero-order valence-corrected chi connectivity index (χ0v) is 20.7. The van der Waals surface area contributed by atoms with E-state index in [1.54, 1.807) is 12.1 Å². The maximum Gasteiger partial charge on any atom is 0.299 e. The first kappa shape index (κ1) is 24.8. The number of amides is 1. The fourth-order valence-corrected chi connectivity index (χ4v) is 3.85. The van der Waals surface area contributed by atoms with Crippen molar-refractivity contribution >= 4 is 17.0 Å². The van der Waals surface area contributed by atoms with Gasteiger partial charge in [0.25, 0.3) is 11.1 Å². The monoisotopic (exact) mass is 492 g/mol. The van der Waals surface area contributed by atoms with Crippen LogP contribution < -0.4 is 25.1 Å². The van der Waals surface area contributed by atoms with E-state index in [-0.39, 0.29) is 36.6 Å². The number of methoxy groups -OCH3 is 3. The highest BCUT2D eigenvalue weighted by molar-refractivity contribution is 5.87. The maximum atomic E-state index is 12.9. The average Bonchev–Trinajstić information content (AvgIpc) is 3.35. The standard InChI is InChI=1S/C26H28N4O6/c1-5-16-6-8-18(9-7-16)22-23-25(36-29-22)26(32)30(15-28-23)11-10-21(31)27-14-17-12-19(33-2)24(35-4)20(13-17)34-3/h6-9,12-13,15H,5,10-11,14H2,1-4H3,(H,27,31). The van der Waals surface area contributed by atoms with E-state index in [2.05, 4.69) is 22.4 Å². The molecule has 0 saturated carbocycles. The van der Waals surface area contributed by atoms with Gasteiger partial charge in [-0.3, -0.25) is 14.2 Å². The Morgan fingerprint density at radius 3 is 2.33 bits per heavy atom. The van der Waals surface area contributed by atoms with Crippen LogP contribution in [0, 0.1) is 0 Å². The number of hydrogen-bond acceptors (Lipinski definition) is 8. The lowest BCUT2D eigenvalue weighted by molar-refractivity contribution is -0.121. The molecule has 0 aliphatic rings. The first-order valence-electron chi connectivity index (χ1n) is 11.5. The highest BCUT2D eigenvalue weighted by atomic mass is 16.5. The van der Waals surface area contributed by atoms with Gasteiger partial charge >= 0.3 is 0 Å². The third-order valence-electron chi connectivity index (χ3n) is 5.88. The molecular weight excluding hydrogens is 464 g/mol. The van der Waals surface area contributed by atoms with E-state index in [0.29, 0.717) is 28.5 Å². The zero-order valence-electron chi connectivity index (χ0n) is 20.7. The summed E-state index contributed by atoms with van der Waals surface area (Å²) < 4.78 is 22.7. The van der Waals surface area contributed by atoms with E-state index in [4.69, 9.17) is 18.7 Å². The molecule has 10 nitrogen and oxygen atoms in total. The molecule has 0 aliphatic carbocycles. The SMILES string of the molecule is CCc1ccc(-c2noc3c(=O)n(CCC(=O)NCc4cc(OC)c(OC)c(OC)c4)cnc23)cc1. The summed E-state index contributed by atoms with van der Waals surface area (Å²) >= 11 is 0. The first-order chi connectivity index (χ1) is 17.5. The van der Waals surface area contributed by atoms with Crippen LogP contribution in [0.3, 0.4) is 0 Å². The molecule has 0 bridgehead atoms. The Bertz CT molecular complexity index is 1400. The number of nitrogens with one attached hydrogen (secondary N) is 1. The van der Waals surface area contributed by atoms with Crippen LogP contribution in [0.15, 0.2) is 52.0 Å². The molecule has 1 N–H and O–H groups in total. The third kappa shape index (κ3) is 5.02. The summed E-state index contributed by atoms with van der Waals surface area (Å²) in [7, 11) is 4.59. The van der Waals surface area contributed by atoms with Gasteiger partial charge in [0.1, 0.15) is 11.2 Å². The quantitative estimate of drug-likeness (QED) is 0.358. The molecule has 2 aromatic heterocycles. The fourth-order valence-electron chi connectivity index (χ4n) is 3.85. The average molecular weight is 493 g/mol. The molecule has 2 heterocycles. The molecule has 4 rings (SSSR count). The summed E-state index contributed by atoms with van der Waals surface area (Å²) in [5, 5.41) is 6.90. The van der Waals surface area contributed by atoms with Crippen molar-refractivity contribution in [2.75, 3.05) is 21.3 Å². The molecule has 0 fully saturated rings. The van der Waals surface area contributed by atoms with Crippen LogP contribution in [-0.2, 0) is 24.3 Å². The Hall–Kier alpha value is -4.34. The van der Waals surface area contributed by atoms with Crippen molar-refractivity contribution in [1.82, 2.24) is 20.0 Å². The van der Waals surface area contributed by atoms with Gasteiger partial charge in [0, 0.05) is 25.1 Å². The number of rotatable bonds is 10. The minimum Gasteiger partial charge on any atom is -0.493 e. The van der Waals surface area contributed by atoms with Crippen LogP contribution in [0.5, 0.6) is 17.2 Å². The summed E-state index contributed by atoms with van der Waals surface area (Å²) in [4.78, 5) is 29.7. The number of benzene rings is 2. The minimum absolute atomic E-state index is 0.0601. The van der Waals surface area contributed by atoms with Gasteiger partial charge < -0.3 is 24.1 Å². The first-order valence-corrected chi connectivity index (χ1v) is 11.5. The second-order valence-electron chi connectivity index (χ2n) is 8.06. The van der Waals surface area contributed by atoms with Gasteiger partial charge in [0.15, 0.2) is 11.5 Å². The van der Waals surface area contributed by atoms with E-state index in [9.17, 15) is 9.59 Å². The molecule has 10 heteroatoms. The Kier molecular flexibility index (Phi) is 7.53. The minimum atomic E-state index is -0.388. The highest BCUT2D eigenvalue weighted by Gasteiger charge is 2.17. The normalized spacial score (nSPS) is 10.9. The van der Waals surface area contributed by atoms with Crippen LogP contribution in [0.25, 0.3) is 22.4 Å². The van der Waals surface area contributed by atoms with Gasteiger partial charge in [-0.05, 0) is 29.7 Å². The lowest BCUT2D eigenvalue weighted by atomic mass is 10.1. The fraction of sp³-hybridized carbons (Fsp3) is 0.308. The lowest BCUT2D eigenvalue weighted by Crippen LogP contribution is -2.27. The van der Waals surface area contributed by atoms with Gasteiger partial charge in [-0.1, -0.05) is 36.3 Å². The third-order valence-corrected chi connectivity index (χ3v) is 5.88. The molecule has 0 atom stereocenters. The van der Waals surface area contributed by atoms with Crippen molar-refractivity contribution in [1.29, 1.82) is 0 Å². The molecule has 2 aromatic carbocycles. The van der Waals surface area contributed by atoms with Crippen LogP contribution in [0.1, 0.15) is 24.5 Å². The highest BCUT2D eigenvalue weighted by Crippen LogP contribution is 2.38. The Labute approximate surface area is 207 Å². The molecule has 0 spiro atoms. The maximum absolute atomic E-state index is 12.9. The molecule has 1 amide bonds. The topological polar surface area (TPSA) is 118 Å². The van der Waals surface area contributed by atoms with Gasteiger partial charge in [-0.2, -0.15) is 0 Å². The van der Waals surface area contributed by atoms with Crippen LogP contribution in [0.4, 0.5) is 0 Å². The van der Waals surface area contributed by atoms with Gasteiger partial charge in [-0.15, -0.1) is 0 Å². The van der Waals surface area contributed by atoms with Gasteiger partial charge in [0.2, 0.25) is 11.7 Å². The van der Waals surface area contributed by atoms with Crippen LogP contribution in [0.2, 0.25) is 0 Å². The molecule has 0 unspecified atom stereocenters. The molecule has 4 aromatic rings. The van der Waals surface area contributed by atoms with Crippen LogP contribution in [-0.4, -0.2) is 41.9 Å². The summed E-state index contributed by atoms with van der Waals surface area (Å²) in [5.74, 6) is 1.25. The van der Waals surface area contributed by atoms with Crippen molar-refractivity contribution < 1.29 is 23.5 Å². The van der Waals surface area contributed by atoms with Crippen molar-refractivity contribution in [3.63, 3.8) is 0 Å². The molecule has 36 heavy (non-hydrogen) atoms. The summed E-state index contributed by atoms with van der Waals surface area (Å²) in [6.07, 6.45) is 2.42. The van der Waals surface area contributed by atoms with Crippen molar-refractivity contribution in [2.45, 2.75) is 32.9 Å². The predicted octanol–water partition coefficient (Wildman–Crippen LogP) is 3.35. The molecule has 0 radical (unpaired) electrons. The van der Waals surface area contributed by atoms with E-state index in [0.717, 1.165) is 17.5 Å². The number of aryl methyl sites for hydroxylation is 2. The molecule has 188 valence electrons. The number of aromatic nitrogens is 3. The molecule has 0 aliphatic heterocycles. The van der Waals surface area contributed by atoms with E-state index in [1.807, 2.05) is 24.3 Å². The summed E-state index contributed by atoms with van der Waals surface area (Å²) in [6, 6.07) is 11.4. The summed E-state index contributed by atoms with van der Waals surface area (Å²) in [6.45, 7) is 2.48. The summed E-state index contributed by atoms with van der Waals surface area (Å²) in [5.41, 5.74) is 3.38. The molecular formula is C26H28N4O6. The second-order valence-corrected chi connectivity index (χ2v) is 8.06. The second kappa shape index (κ2) is 10.9. The number of carbonyl (C=O) groups is 1. The Morgan fingerprint density at radius 1 is 1.03 bits per heavy atom. The number of ether oxygens (including phenoxy) is 3.